The van der Waals surface area contributed by atoms with E-state index in [0.29, 0.717) is 33.4 Å². The number of hydrogen-bond donors (Lipinski definition) is 1. The first-order valence-corrected chi connectivity index (χ1v) is 9.16. The monoisotopic (exact) mass is 424 g/mol. The number of aromatic amines is 1. The first-order chi connectivity index (χ1) is 14.8. The Morgan fingerprint density at radius 2 is 1.45 bits per heavy atom. The summed E-state index contributed by atoms with van der Waals surface area (Å²) in [6.45, 7) is 0. The predicted octanol–water partition coefficient (Wildman–Crippen LogP) is 5.06. The summed E-state index contributed by atoms with van der Waals surface area (Å²) in [6, 6.07) is 15.2. The Morgan fingerprint density at radius 3 is 2.13 bits per heavy atom. The standard InChI is InChI=1S/C22H12F4N4O/c23-16-8-3-13(4-9-16)19-28-21-27-18-11-14(5-10-17(18)20(31)30(21)29-19)12-1-6-15(7-2-12)22(24,25)26/h1-11H,(H,27,28,29). The van der Waals surface area contributed by atoms with Crippen LogP contribution in [0.1, 0.15) is 5.56 Å². The maximum absolute atomic E-state index is 13.2. The van der Waals surface area contributed by atoms with Crippen molar-refractivity contribution in [2.75, 3.05) is 0 Å². The molecule has 2 heterocycles. The maximum atomic E-state index is 13.2. The molecule has 0 amide bonds. The molecule has 0 atom stereocenters. The van der Waals surface area contributed by atoms with E-state index >= 15 is 0 Å². The lowest BCUT2D eigenvalue weighted by Gasteiger charge is -2.08. The van der Waals surface area contributed by atoms with Crippen LogP contribution >= 0.6 is 0 Å². The second-order valence-electron chi connectivity index (χ2n) is 6.94. The summed E-state index contributed by atoms with van der Waals surface area (Å²) in [6.07, 6.45) is -4.41. The number of benzene rings is 3. The summed E-state index contributed by atoms with van der Waals surface area (Å²) in [5.41, 5.74) is 1.01. The van der Waals surface area contributed by atoms with Crippen LogP contribution in [0.3, 0.4) is 0 Å². The lowest BCUT2D eigenvalue weighted by molar-refractivity contribution is -0.137. The number of halogens is 4. The van der Waals surface area contributed by atoms with Crippen LogP contribution in [0, 0.1) is 5.82 Å². The minimum absolute atomic E-state index is 0.126. The van der Waals surface area contributed by atoms with Gasteiger partial charge >= 0.3 is 6.18 Å². The molecule has 0 fully saturated rings. The minimum atomic E-state index is -4.41. The number of alkyl halides is 3. The van der Waals surface area contributed by atoms with E-state index in [1.54, 1.807) is 18.2 Å². The van der Waals surface area contributed by atoms with Crippen LogP contribution in [-0.2, 0) is 6.18 Å². The molecule has 9 heteroatoms. The molecule has 0 bridgehead atoms. The Kier molecular flexibility index (Phi) is 4.14. The van der Waals surface area contributed by atoms with Gasteiger partial charge in [0.25, 0.3) is 11.3 Å². The molecule has 5 rings (SSSR count). The smallest absolute Gasteiger partial charge is 0.271 e. The summed E-state index contributed by atoms with van der Waals surface area (Å²) in [5.74, 6) is 0.0842. The zero-order chi connectivity index (χ0) is 21.8. The van der Waals surface area contributed by atoms with E-state index in [4.69, 9.17) is 0 Å². The number of fused-ring (bicyclic) bond motifs is 2. The highest BCUT2D eigenvalue weighted by atomic mass is 19.4. The average Bonchev–Trinajstić information content (AvgIpc) is 3.18. The SMILES string of the molecule is O=c1c2ccc(-c3ccc(C(F)(F)F)cc3)cc2nc2nc(-c3ccc(F)cc3)[nH]n12. The van der Waals surface area contributed by atoms with Crippen molar-refractivity contribution in [1.82, 2.24) is 19.6 Å². The summed E-state index contributed by atoms with van der Waals surface area (Å²) in [7, 11) is 0. The largest absolute Gasteiger partial charge is 0.416 e. The molecule has 0 saturated carbocycles. The first kappa shape index (κ1) is 19.0. The Hall–Kier alpha value is -4.01. The van der Waals surface area contributed by atoms with Crippen LogP contribution < -0.4 is 5.56 Å². The van der Waals surface area contributed by atoms with Gasteiger partial charge in [-0.2, -0.15) is 22.7 Å². The summed E-state index contributed by atoms with van der Waals surface area (Å²) >= 11 is 0. The van der Waals surface area contributed by atoms with E-state index in [1.165, 1.54) is 40.9 Å². The maximum Gasteiger partial charge on any atom is 0.416 e. The van der Waals surface area contributed by atoms with Crippen molar-refractivity contribution < 1.29 is 17.6 Å². The highest BCUT2D eigenvalue weighted by Crippen LogP contribution is 2.31. The second-order valence-corrected chi connectivity index (χ2v) is 6.94. The van der Waals surface area contributed by atoms with Gasteiger partial charge in [-0.15, -0.1) is 0 Å². The van der Waals surface area contributed by atoms with E-state index in [1.807, 2.05) is 0 Å². The molecule has 3 aromatic carbocycles. The number of aromatic nitrogens is 4. The molecule has 0 aliphatic rings. The van der Waals surface area contributed by atoms with E-state index in [-0.39, 0.29) is 11.3 Å². The number of nitrogens with one attached hydrogen (secondary N) is 1. The molecule has 5 nitrogen and oxygen atoms in total. The fraction of sp³-hybridized carbons (Fsp3) is 0.0455. The molecule has 0 spiro atoms. The number of nitrogens with zero attached hydrogens (tertiary/aromatic N) is 3. The summed E-state index contributed by atoms with van der Waals surface area (Å²) < 4.78 is 52.7. The number of H-pyrrole nitrogens is 1. The molecule has 0 aliphatic heterocycles. The number of hydrogen-bond acceptors (Lipinski definition) is 3. The Labute approximate surface area is 171 Å². The molecule has 0 aliphatic carbocycles. The third-order valence-electron chi connectivity index (χ3n) is 4.94. The zero-order valence-corrected chi connectivity index (χ0v) is 15.6. The number of rotatable bonds is 2. The molecule has 5 aromatic rings. The second kappa shape index (κ2) is 6.76. The van der Waals surface area contributed by atoms with E-state index in [9.17, 15) is 22.4 Å². The van der Waals surface area contributed by atoms with Crippen molar-refractivity contribution in [2.24, 2.45) is 0 Å². The first-order valence-electron chi connectivity index (χ1n) is 9.16. The molecule has 0 saturated heterocycles. The van der Waals surface area contributed by atoms with Gasteiger partial charge in [0.05, 0.1) is 16.5 Å². The van der Waals surface area contributed by atoms with Gasteiger partial charge in [-0.3, -0.25) is 9.89 Å². The molecule has 31 heavy (non-hydrogen) atoms. The van der Waals surface area contributed by atoms with E-state index in [0.717, 1.165) is 12.1 Å². The van der Waals surface area contributed by atoms with Gasteiger partial charge in [-0.1, -0.05) is 18.2 Å². The highest BCUT2D eigenvalue weighted by Gasteiger charge is 2.30. The van der Waals surface area contributed by atoms with Gasteiger partial charge in [0, 0.05) is 5.56 Å². The molecule has 0 unspecified atom stereocenters. The van der Waals surface area contributed by atoms with Crippen LogP contribution in [-0.4, -0.2) is 19.6 Å². The molecule has 2 aromatic heterocycles. The topological polar surface area (TPSA) is 63.0 Å². The zero-order valence-electron chi connectivity index (χ0n) is 15.6. The summed E-state index contributed by atoms with van der Waals surface area (Å²) in [5, 5.41) is 3.18. The van der Waals surface area contributed by atoms with Crippen molar-refractivity contribution in [3.63, 3.8) is 0 Å². The normalized spacial score (nSPS) is 12.0. The van der Waals surface area contributed by atoms with Crippen LogP contribution in [0.25, 0.3) is 39.2 Å². The lowest BCUT2D eigenvalue weighted by atomic mass is 10.0. The van der Waals surface area contributed by atoms with Gasteiger partial charge in [0.1, 0.15) is 5.82 Å². The molecular weight excluding hydrogens is 412 g/mol. The van der Waals surface area contributed by atoms with Crippen molar-refractivity contribution in [3.05, 3.63) is 88.5 Å². The van der Waals surface area contributed by atoms with Gasteiger partial charge in [0.15, 0.2) is 5.82 Å². The fourth-order valence-electron chi connectivity index (χ4n) is 3.35. The average molecular weight is 424 g/mol. The third kappa shape index (κ3) is 3.33. The van der Waals surface area contributed by atoms with Crippen molar-refractivity contribution >= 4 is 16.7 Å². The van der Waals surface area contributed by atoms with Crippen molar-refractivity contribution in [2.45, 2.75) is 6.18 Å². The van der Waals surface area contributed by atoms with Crippen LogP contribution in [0.2, 0.25) is 0 Å². The molecule has 154 valence electrons. The van der Waals surface area contributed by atoms with Crippen molar-refractivity contribution in [1.29, 1.82) is 0 Å². The van der Waals surface area contributed by atoms with Crippen LogP contribution in [0.4, 0.5) is 17.6 Å². The van der Waals surface area contributed by atoms with Gasteiger partial charge in [0.2, 0.25) is 0 Å². The van der Waals surface area contributed by atoms with Crippen LogP contribution in [0.5, 0.6) is 0 Å². The van der Waals surface area contributed by atoms with Gasteiger partial charge < -0.3 is 0 Å². The van der Waals surface area contributed by atoms with Gasteiger partial charge in [-0.05, 0) is 59.7 Å². The third-order valence-corrected chi connectivity index (χ3v) is 4.94. The fourth-order valence-corrected chi connectivity index (χ4v) is 3.35. The molecular formula is C22H12F4N4O. The van der Waals surface area contributed by atoms with E-state index < -0.39 is 17.6 Å². The molecule has 0 radical (unpaired) electrons. The molecule has 1 N–H and O–H groups in total. The highest BCUT2D eigenvalue weighted by molar-refractivity contribution is 5.84. The van der Waals surface area contributed by atoms with Crippen molar-refractivity contribution in [3.8, 4) is 22.5 Å². The predicted molar refractivity (Wildman–Crippen MR) is 107 cm³/mol. The van der Waals surface area contributed by atoms with Gasteiger partial charge in [-0.25, -0.2) is 9.37 Å². The van der Waals surface area contributed by atoms with Crippen LogP contribution in [0.15, 0.2) is 71.5 Å². The van der Waals surface area contributed by atoms with E-state index in [2.05, 4.69) is 15.1 Å². The lowest BCUT2D eigenvalue weighted by Crippen LogP contribution is -2.15. The Morgan fingerprint density at radius 1 is 0.806 bits per heavy atom. The Bertz CT molecular complexity index is 1480. The Balaban J connectivity index is 1.61. The minimum Gasteiger partial charge on any atom is -0.271 e. The quantitative estimate of drug-likeness (QED) is 0.403. The summed E-state index contributed by atoms with van der Waals surface area (Å²) in [4.78, 5) is 21.6.